The fourth-order valence-electron chi connectivity index (χ4n) is 2.91. The molecule has 0 spiro atoms. The third-order valence-electron chi connectivity index (χ3n) is 4.15. The van der Waals surface area contributed by atoms with E-state index in [1.165, 1.54) is 32.1 Å². The summed E-state index contributed by atoms with van der Waals surface area (Å²) in [6, 6.07) is 6.05. The molecular formula is C16H25NO2. The molecule has 106 valence electrons. The van der Waals surface area contributed by atoms with Gasteiger partial charge in [0.25, 0.3) is 0 Å². The van der Waals surface area contributed by atoms with Gasteiger partial charge in [0, 0.05) is 17.6 Å². The molecule has 2 rings (SSSR count). The van der Waals surface area contributed by atoms with E-state index in [2.05, 4.69) is 18.3 Å². The van der Waals surface area contributed by atoms with E-state index >= 15 is 0 Å². The smallest absolute Gasteiger partial charge is 0.165 e. The van der Waals surface area contributed by atoms with E-state index in [-0.39, 0.29) is 5.54 Å². The van der Waals surface area contributed by atoms with Gasteiger partial charge >= 0.3 is 0 Å². The molecule has 3 nitrogen and oxygen atoms in total. The minimum atomic E-state index is 0.270. The number of nitrogens with one attached hydrogen (secondary N) is 1. The lowest BCUT2D eigenvalue weighted by Crippen LogP contribution is -2.43. The fourth-order valence-corrected chi connectivity index (χ4v) is 2.91. The summed E-state index contributed by atoms with van der Waals surface area (Å²) in [4.78, 5) is 0. The quantitative estimate of drug-likeness (QED) is 0.881. The minimum Gasteiger partial charge on any atom is -0.493 e. The molecule has 0 unspecified atom stereocenters. The predicted octanol–water partition coefficient (Wildman–Crippen LogP) is 3.52. The molecule has 0 bridgehead atoms. The standard InChI is InChI=1S/C16H25NO2/c1-16(10-5-4-6-11-16)17-12-13-8-7-9-14(18-2)15(13)19-3/h7-9,17H,4-6,10-12H2,1-3H3. The van der Waals surface area contributed by atoms with Crippen molar-refractivity contribution in [2.24, 2.45) is 0 Å². The average molecular weight is 263 g/mol. The molecule has 0 radical (unpaired) electrons. The van der Waals surface area contributed by atoms with Gasteiger partial charge in [0.1, 0.15) is 0 Å². The second-order valence-electron chi connectivity index (χ2n) is 5.63. The molecule has 1 N–H and O–H groups in total. The van der Waals surface area contributed by atoms with Crippen molar-refractivity contribution in [2.45, 2.75) is 51.1 Å². The molecule has 0 saturated heterocycles. The first-order valence-corrected chi connectivity index (χ1v) is 7.13. The van der Waals surface area contributed by atoms with Crippen LogP contribution in [-0.2, 0) is 6.54 Å². The summed E-state index contributed by atoms with van der Waals surface area (Å²) in [5, 5.41) is 3.70. The van der Waals surface area contributed by atoms with E-state index in [1.54, 1.807) is 14.2 Å². The number of hydrogen-bond donors (Lipinski definition) is 1. The van der Waals surface area contributed by atoms with Gasteiger partial charge in [-0.15, -0.1) is 0 Å². The molecule has 1 aromatic carbocycles. The lowest BCUT2D eigenvalue weighted by molar-refractivity contribution is 0.250. The molecule has 1 fully saturated rings. The maximum atomic E-state index is 5.48. The van der Waals surface area contributed by atoms with Crippen LogP contribution in [0.1, 0.15) is 44.6 Å². The van der Waals surface area contributed by atoms with Crippen molar-refractivity contribution in [3.63, 3.8) is 0 Å². The minimum absolute atomic E-state index is 0.270. The Morgan fingerprint density at radius 2 is 1.84 bits per heavy atom. The van der Waals surface area contributed by atoms with Crippen LogP contribution in [0.3, 0.4) is 0 Å². The van der Waals surface area contributed by atoms with Crippen molar-refractivity contribution in [1.29, 1.82) is 0 Å². The Bertz CT molecular complexity index is 411. The Labute approximate surface area is 116 Å². The van der Waals surface area contributed by atoms with Crippen LogP contribution in [0.25, 0.3) is 0 Å². The van der Waals surface area contributed by atoms with Crippen LogP contribution in [-0.4, -0.2) is 19.8 Å². The summed E-state index contributed by atoms with van der Waals surface area (Å²) in [5.74, 6) is 1.65. The molecule has 0 atom stereocenters. The Kier molecular flexibility index (Phi) is 4.70. The van der Waals surface area contributed by atoms with Crippen LogP contribution < -0.4 is 14.8 Å². The van der Waals surface area contributed by atoms with Crippen molar-refractivity contribution < 1.29 is 9.47 Å². The molecule has 3 heteroatoms. The molecule has 1 aliphatic carbocycles. The number of methoxy groups -OCH3 is 2. The number of rotatable bonds is 5. The highest BCUT2D eigenvalue weighted by Gasteiger charge is 2.26. The van der Waals surface area contributed by atoms with Crippen molar-refractivity contribution in [1.82, 2.24) is 5.32 Å². The van der Waals surface area contributed by atoms with Crippen molar-refractivity contribution in [2.75, 3.05) is 14.2 Å². The average Bonchev–Trinajstić information content (AvgIpc) is 2.45. The van der Waals surface area contributed by atoms with Crippen LogP contribution in [0.4, 0.5) is 0 Å². The zero-order chi connectivity index (χ0) is 13.7. The van der Waals surface area contributed by atoms with Gasteiger partial charge < -0.3 is 14.8 Å². The molecule has 1 aliphatic rings. The van der Waals surface area contributed by atoms with Gasteiger partial charge in [-0.05, 0) is 25.8 Å². The first-order chi connectivity index (χ1) is 9.18. The first kappa shape index (κ1) is 14.2. The van der Waals surface area contributed by atoms with E-state index in [4.69, 9.17) is 9.47 Å². The van der Waals surface area contributed by atoms with E-state index in [0.717, 1.165) is 23.6 Å². The normalized spacial score (nSPS) is 18.1. The van der Waals surface area contributed by atoms with Gasteiger partial charge in [0.15, 0.2) is 11.5 Å². The van der Waals surface area contributed by atoms with E-state index in [1.807, 2.05) is 12.1 Å². The van der Waals surface area contributed by atoms with Gasteiger partial charge in [-0.25, -0.2) is 0 Å². The number of hydrogen-bond acceptors (Lipinski definition) is 3. The summed E-state index contributed by atoms with van der Waals surface area (Å²) in [6.45, 7) is 3.16. The highest BCUT2D eigenvalue weighted by atomic mass is 16.5. The Balaban J connectivity index is 2.06. The summed E-state index contributed by atoms with van der Waals surface area (Å²) >= 11 is 0. The predicted molar refractivity (Wildman–Crippen MR) is 77.9 cm³/mol. The molecule has 0 amide bonds. The number of ether oxygens (including phenoxy) is 2. The highest BCUT2D eigenvalue weighted by molar-refractivity contribution is 5.46. The van der Waals surface area contributed by atoms with E-state index in [0.29, 0.717) is 0 Å². The van der Waals surface area contributed by atoms with Gasteiger partial charge in [-0.2, -0.15) is 0 Å². The first-order valence-electron chi connectivity index (χ1n) is 7.13. The van der Waals surface area contributed by atoms with Crippen LogP contribution in [0, 0.1) is 0 Å². The molecule has 19 heavy (non-hydrogen) atoms. The molecule has 1 aromatic rings. The maximum Gasteiger partial charge on any atom is 0.165 e. The summed E-state index contributed by atoms with van der Waals surface area (Å²) < 4.78 is 10.8. The van der Waals surface area contributed by atoms with Gasteiger partial charge in [-0.3, -0.25) is 0 Å². The Morgan fingerprint density at radius 1 is 1.11 bits per heavy atom. The van der Waals surface area contributed by atoms with Gasteiger partial charge in [0.2, 0.25) is 0 Å². The second kappa shape index (κ2) is 6.29. The van der Waals surface area contributed by atoms with Crippen LogP contribution in [0.5, 0.6) is 11.5 Å². The zero-order valence-corrected chi connectivity index (χ0v) is 12.3. The largest absolute Gasteiger partial charge is 0.493 e. The summed E-state index contributed by atoms with van der Waals surface area (Å²) in [5.41, 5.74) is 1.43. The van der Waals surface area contributed by atoms with Gasteiger partial charge in [-0.1, -0.05) is 31.4 Å². The maximum absolute atomic E-state index is 5.48. The van der Waals surface area contributed by atoms with Gasteiger partial charge in [0.05, 0.1) is 14.2 Å². The van der Waals surface area contributed by atoms with E-state index in [9.17, 15) is 0 Å². The SMILES string of the molecule is COc1cccc(CNC2(C)CCCCC2)c1OC. The summed E-state index contributed by atoms with van der Waals surface area (Å²) in [6.07, 6.45) is 6.57. The molecular weight excluding hydrogens is 238 g/mol. The monoisotopic (exact) mass is 263 g/mol. The third kappa shape index (κ3) is 3.41. The fraction of sp³-hybridized carbons (Fsp3) is 0.625. The van der Waals surface area contributed by atoms with E-state index < -0.39 is 0 Å². The molecule has 0 heterocycles. The number of benzene rings is 1. The zero-order valence-electron chi connectivity index (χ0n) is 12.3. The Hall–Kier alpha value is -1.22. The lowest BCUT2D eigenvalue weighted by atomic mass is 9.83. The lowest BCUT2D eigenvalue weighted by Gasteiger charge is -2.35. The van der Waals surface area contributed by atoms with Crippen LogP contribution in [0.2, 0.25) is 0 Å². The Morgan fingerprint density at radius 3 is 2.47 bits per heavy atom. The van der Waals surface area contributed by atoms with Crippen molar-refractivity contribution in [3.8, 4) is 11.5 Å². The molecule has 0 aliphatic heterocycles. The van der Waals surface area contributed by atoms with Crippen LogP contribution >= 0.6 is 0 Å². The highest BCUT2D eigenvalue weighted by Crippen LogP contribution is 2.32. The topological polar surface area (TPSA) is 30.5 Å². The third-order valence-corrected chi connectivity index (χ3v) is 4.15. The second-order valence-corrected chi connectivity index (χ2v) is 5.63. The number of para-hydroxylation sites is 1. The molecule has 1 saturated carbocycles. The van der Waals surface area contributed by atoms with Crippen LogP contribution in [0.15, 0.2) is 18.2 Å². The molecule has 0 aromatic heterocycles. The van der Waals surface area contributed by atoms with Crippen molar-refractivity contribution in [3.05, 3.63) is 23.8 Å². The summed E-state index contributed by atoms with van der Waals surface area (Å²) in [7, 11) is 3.38. The van der Waals surface area contributed by atoms with Crippen molar-refractivity contribution >= 4 is 0 Å².